The monoisotopic (exact) mass is 445 g/mol. The average molecular weight is 445 g/mol. The molecule has 9 nitrogen and oxygen atoms in total. The summed E-state index contributed by atoms with van der Waals surface area (Å²) in [5.74, 6) is -0.219. The minimum Gasteiger partial charge on any atom is -0.497 e. The first-order valence-electron chi connectivity index (χ1n) is 9.96. The van der Waals surface area contributed by atoms with Crippen molar-refractivity contribution in [3.05, 3.63) is 53.0 Å². The maximum atomic E-state index is 12.7. The molecule has 1 aliphatic rings. The molecule has 1 aliphatic heterocycles. The van der Waals surface area contributed by atoms with Gasteiger partial charge in [-0.2, -0.15) is 4.31 Å². The minimum absolute atomic E-state index is 0.0500. The van der Waals surface area contributed by atoms with Gasteiger partial charge in [-0.05, 0) is 49.2 Å². The molecule has 0 radical (unpaired) electrons. The number of benzene rings is 2. The van der Waals surface area contributed by atoms with Crippen LogP contribution in [0.15, 0.2) is 56.6 Å². The predicted molar refractivity (Wildman–Crippen MR) is 115 cm³/mol. The van der Waals surface area contributed by atoms with Crippen molar-refractivity contribution in [1.29, 1.82) is 0 Å². The molecule has 1 fully saturated rings. The van der Waals surface area contributed by atoms with E-state index >= 15 is 0 Å². The van der Waals surface area contributed by atoms with Gasteiger partial charge in [-0.25, -0.2) is 13.2 Å². The zero-order valence-electron chi connectivity index (χ0n) is 17.0. The lowest BCUT2D eigenvalue weighted by Crippen LogP contribution is -2.27. The van der Waals surface area contributed by atoms with Crippen LogP contribution in [0.4, 0.5) is 5.69 Å². The van der Waals surface area contributed by atoms with E-state index in [1.807, 2.05) is 0 Å². The highest BCUT2D eigenvalue weighted by Gasteiger charge is 2.28. The number of sulfonamides is 1. The summed E-state index contributed by atoms with van der Waals surface area (Å²) in [6, 6.07) is 11.3. The molecule has 0 aliphatic carbocycles. The Balaban J connectivity index is 1.48. The van der Waals surface area contributed by atoms with E-state index in [0.29, 0.717) is 30.0 Å². The van der Waals surface area contributed by atoms with Gasteiger partial charge in [0.15, 0.2) is 5.58 Å². The highest BCUT2D eigenvalue weighted by molar-refractivity contribution is 7.89. The fourth-order valence-corrected chi connectivity index (χ4v) is 5.14. The molecule has 1 aromatic heterocycles. The summed E-state index contributed by atoms with van der Waals surface area (Å²) in [6.07, 6.45) is 1.73. The van der Waals surface area contributed by atoms with Crippen molar-refractivity contribution in [2.45, 2.75) is 30.7 Å². The molecule has 1 N–H and O–H groups in total. The van der Waals surface area contributed by atoms with E-state index in [9.17, 15) is 18.0 Å². The lowest BCUT2D eigenvalue weighted by Gasteiger charge is -2.15. The Kier molecular flexibility index (Phi) is 5.84. The summed E-state index contributed by atoms with van der Waals surface area (Å²) in [5.41, 5.74) is 1.25. The van der Waals surface area contributed by atoms with Gasteiger partial charge in [-0.1, -0.05) is 0 Å². The van der Waals surface area contributed by atoms with Crippen LogP contribution in [-0.2, 0) is 21.4 Å². The van der Waals surface area contributed by atoms with E-state index in [1.165, 1.54) is 21.0 Å². The first-order chi connectivity index (χ1) is 14.9. The number of nitrogens with zero attached hydrogens (tertiary/aromatic N) is 2. The average Bonchev–Trinajstić information content (AvgIpc) is 3.40. The van der Waals surface area contributed by atoms with Crippen LogP contribution >= 0.6 is 0 Å². The van der Waals surface area contributed by atoms with Gasteiger partial charge in [0.05, 0.1) is 17.5 Å². The number of amides is 1. The number of hydrogen-bond donors (Lipinski definition) is 1. The number of nitrogens with one attached hydrogen (secondary N) is 1. The summed E-state index contributed by atoms with van der Waals surface area (Å²) in [6.45, 7) is 1.09. The molecule has 31 heavy (non-hydrogen) atoms. The maximum Gasteiger partial charge on any atom is 0.419 e. The fraction of sp³-hybridized carbons (Fsp3) is 0.333. The standard InChI is InChI=1S/C21H23N3O6S/c1-29-16-6-4-15(5-7-16)22-20(25)10-13-24-18-9-8-17(14-19(18)30-21(24)26)31(27,28)23-11-2-3-12-23/h4-9,14H,2-3,10-13H2,1H3,(H,22,25). The van der Waals surface area contributed by atoms with Crippen molar-refractivity contribution >= 4 is 32.7 Å². The Hall–Kier alpha value is -3.11. The molecule has 0 unspecified atom stereocenters. The predicted octanol–water partition coefficient (Wildman–Crippen LogP) is 2.42. The van der Waals surface area contributed by atoms with Crippen molar-refractivity contribution in [3.8, 4) is 5.75 Å². The van der Waals surface area contributed by atoms with Gasteiger partial charge in [-0.15, -0.1) is 0 Å². The van der Waals surface area contributed by atoms with Crippen LogP contribution in [0.2, 0.25) is 0 Å². The number of aryl methyl sites for hydroxylation is 1. The van der Waals surface area contributed by atoms with Crippen LogP contribution in [0.1, 0.15) is 19.3 Å². The third kappa shape index (κ3) is 4.35. The van der Waals surface area contributed by atoms with Crippen molar-refractivity contribution in [3.63, 3.8) is 0 Å². The van der Waals surface area contributed by atoms with Crippen LogP contribution in [-0.4, -0.2) is 43.4 Å². The fourth-order valence-electron chi connectivity index (χ4n) is 3.61. The molecular weight excluding hydrogens is 422 g/mol. The Morgan fingerprint density at radius 3 is 2.52 bits per heavy atom. The van der Waals surface area contributed by atoms with Crippen LogP contribution in [0, 0.1) is 0 Å². The third-order valence-corrected chi connectivity index (χ3v) is 7.17. The zero-order valence-corrected chi connectivity index (χ0v) is 17.9. The van der Waals surface area contributed by atoms with Crippen LogP contribution in [0.25, 0.3) is 11.1 Å². The van der Waals surface area contributed by atoms with Gasteiger partial charge < -0.3 is 14.5 Å². The second kappa shape index (κ2) is 8.56. The van der Waals surface area contributed by atoms with Gasteiger partial charge in [0.1, 0.15) is 5.75 Å². The molecule has 0 bridgehead atoms. The molecule has 2 aromatic carbocycles. The van der Waals surface area contributed by atoms with Crippen LogP contribution in [0.3, 0.4) is 0 Å². The quantitative estimate of drug-likeness (QED) is 0.598. The Morgan fingerprint density at radius 2 is 1.84 bits per heavy atom. The van der Waals surface area contributed by atoms with Crippen molar-refractivity contribution in [2.24, 2.45) is 0 Å². The van der Waals surface area contributed by atoms with E-state index in [1.54, 1.807) is 37.4 Å². The Bertz CT molecular complexity index is 1250. The van der Waals surface area contributed by atoms with Gasteiger partial charge in [0.25, 0.3) is 0 Å². The molecule has 164 valence electrons. The highest BCUT2D eigenvalue weighted by Crippen LogP contribution is 2.24. The van der Waals surface area contributed by atoms with E-state index in [4.69, 9.17) is 9.15 Å². The normalized spacial score (nSPS) is 14.7. The largest absolute Gasteiger partial charge is 0.497 e. The number of aromatic nitrogens is 1. The molecular formula is C21H23N3O6S. The molecule has 1 amide bonds. The van der Waals surface area contributed by atoms with Crippen molar-refractivity contribution in [2.75, 3.05) is 25.5 Å². The number of anilines is 1. The van der Waals surface area contributed by atoms with Crippen LogP contribution in [0.5, 0.6) is 5.75 Å². The first kappa shape index (κ1) is 21.1. The summed E-state index contributed by atoms with van der Waals surface area (Å²) in [7, 11) is -2.05. The number of ether oxygens (including phenoxy) is 1. The number of hydrogen-bond acceptors (Lipinski definition) is 6. The lowest BCUT2D eigenvalue weighted by molar-refractivity contribution is -0.116. The molecule has 2 heterocycles. The number of carbonyl (C=O) groups is 1. The summed E-state index contributed by atoms with van der Waals surface area (Å²) < 4.78 is 38.6. The second-order valence-electron chi connectivity index (χ2n) is 7.29. The summed E-state index contributed by atoms with van der Waals surface area (Å²) in [5, 5.41) is 2.76. The lowest BCUT2D eigenvalue weighted by atomic mass is 10.3. The summed E-state index contributed by atoms with van der Waals surface area (Å²) >= 11 is 0. The van der Waals surface area contributed by atoms with Gasteiger partial charge >= 0.3 is 5.76 Å². The topological polar surface area (TPSA) is 111 Å². The SMILES string of the molecule is COc1ccc(NC(=O)CCn2c(=O)oc3cc(S(=O)(=O)N4CCCC4)ccc32)cc1. The van der Waals surface area contributed by atoms with Gasteiger partial charge in [0, 0.05) is 37.8 Å². The summed E-state index contributed by atoms with van der Waals surface area (Å²) in [4.78, 5) is 24.7. The molecule has 10 heteroatoms. The number of fused-ring (bicyclic) bond motifs is 1. The molecule has 1 saturated heterocycles. The molecule has 0 atom stereocenters. The van der Waals surface area contributed by atoms with E-state index < -0.39 is 15.8 Å². The third-order valence-electron chi connectivity index (χ3n) is 5.28. The van der Waals surface area contributed by atoms with Gasteiger partial charge in [0.2, 0.25) is 15.9 Å². The number of carbonyl (C=O) groups excluding carboxylic acids is 1. The van der Waals surface area contributed by atoms with Crippen molar-refractivity contribution in [1.82, 2.24) is 8.87 Å². The highest BCUT2D eigenvalue weighted by atomic mass is 32.2. The van der Waals surface area contributed by atoms with Crippen molar-refractivity contribution < 1.29 is 22.4 Å². The number of oxazole rings is 1. The molecule has 0 saturated carbocycles. The van der Waals surface area contributed by atoms with Gasteiger partial charge in [-0.3, -0.25) is 9.36 Å². The minimum atomic E-state index is -3.61. The first-order valence-corrected chi connectivity index (χ1v) is 11.4. The van der Waals surface area contributed by atoms with Crippen LogP contribution < -0.4 is 15.8 Å². The number of rotatable bonds is 7. The Labute approximate surface area is 179 Å². The van der Waals surface area contributed by atoms with E-state index in [2.05, 4.69) is 5.32 Å². The Morgan fingerprint density at radius 1 is 1.13 bits per heavy atom. The maximum absolute atomic E-state index is 12.7. The van der Waals surface area contributed by atoms with E-state index in [0.717, 1.165) is 12.8 Å². The number of methoxy groups -OCH3 is 1. The second-order valence-corrected chi connectivity index (χ2v) is 9.22. The molecule has 0 spiro atoms. The molecule has 4 rings (SSSR count). The van der Waals surface area contributed by atoms with E-state index in [-0.39, 0.29) is 29.4 Å². The molecule has 3 aromatic rings. The zero-order chi connectivity index (χ0) is 22.0. The smallest absolute Gasteiger partial charge is 0.419 e.